The first-order valence-electron chi connectivity index (χ1n) is 8.45. The summed E-state index contributed by atoms with van der Waals surface area (Å²) in [5.74, 6) is 0.675. The van der Waals surface area contributed by atoms with Gasteiger partial charge in [0.1, 0.15) is 28.4 Å². The second-order valence-corrected chi connectivity index (χ2v) is 6.01. The number of para-hydroxylation sites is 2. The van der Waals surface area contributed by atoms with Crippen LogP contribution in [0.15, 0.2) is 93.5 Å². The maximum atomic E-state index is 12.0. The van der Waals surface area contributed by atoms with Gasteiger partial charge in [-0.25, -0.2) is 0 Å². The summed E-state index contributed by atoms with van der Waals surface area (Å²) < 4.78 is 11.2. The highest BCUT2D eigenvalue weighted by atomic mass is 16.3. The molecule has 4 rings (SSSR count). The van der Waals surface area contributed by atoms with Crippen LogP contribution >= 0.6 is 0 Å². The fourth-order valence-electron chi connectivity index (χ4n) is 2.74. The highest BCUT2D eigenvalue weighted by Gasteiger charge is 2.02. The fourth-order valence-corrected chi connectivity index (χ4v) is 2.74. The van der Waals surface area contributed by atoms with Gasteiger partial charge in [-0.05, 0) is 48.6 Å². The summed E-state index contributed by atoms with van der Waals surface area (Å²) in [6, 6.07) is 19.0. The summed E-state index contributed by atoms with van der Waals surface area (Å²) in [5.41, 5.74) is 1.53. The van der Waals surface area contributed by atoms with Crippen LogP contribution < -0.4 is 0 Å². The Balaban J connectivity index is 1.44. The molecule has 4 heteroatoms. The lowest BCUT2D eigenvalue weighted by Crippen LogP contribution is -1.88. The van der Waals surface area contributed by atoms with Crippen molar-refractivity contribution in [3.05, 3.63) is 96.2 Å². The molecule has 2 aromatic heterocycles. The average Bonchev–Trinajstić information content (AvgIpc) is 3.27. The maximum Gasteiger partial charge on any atom is 0.182 e. The van der Waals surface area contributed by atoms with E-state index in [0.717, 1.165) is 28.0 Å². The quantitative estimate of drug-likeness (QED) is 0.274. The Morgan fingerprint density at radius 1 is 0.778 bits per heavy atom. The van der Waals surface area contributed by atoms with Crippen molar-refractivity contribution in [3.63, 3.8) is 0 Å². The fraction of sp³-hybridized carbons (Fsp3) is 0. The van der Waals surface area contributed by atoms with Crippen LogP contribution in [0.4, 0.5) is 0 Å². The minimum atomic E-state index is -0.345. The standard InChI is InChI=1S/C23H16O4/c24-18(9-11-20-13-16-5-1-3-7-22(16)26-20)15-19(25)10-12-21-14-17-6-2-4-8-23(17)27-21/h1-15,24H/b11-9+,12-10+,18-15-. The number of fused-ring (bicyclic) bond motifs is 2. The van der Waals surface area contributed by atoms with Crippen LogP contribution in [0.1, 0.15) is 11.5 Å². The van der Waals surface area contributed by atoms with Crippen molar-refractivity contribution >= 4 is 39.9 Å². The van der Waals surface area contributed by atoms with E-state index in [2.05, 4.69) is 0 Å². The Morgan fingerprint density at radius 2 is 1.30 bits per heavy atom. The molecule has 132 valence electrons. The Hall–Kier alpha value is -3.79. The molecule has 0 spiro atoms. The number of carbonyl (C=O) groups is 1. The Kier molecular flexibility index (Phi) is 4.45. The summed E-state index contributed by atoms with van der Waals surface area (Å²) in [4.78, 5) is 12.0. The average molecular weight is 356 g/mol. The normalized spacial score (nSPS) is 12.7. The molecule has 0 radical (unpaired) electrons. The molecule has 1 N–H and O–H groups in total. The number of carbonyl (C=O) groups excluding carboxylic acids is 1. The summed E-state index contributed by atoms with van der Waals surface area (Å²) in [5, 5.41) is 11.9. The number of hydrogen-bond acceptors (Lipinski definition) is 4. The van der Waals surface area contributed by atoms with E-state index in [4.69, 9.17) is 8.83 Å². The molecular weight excluding hydrogens is 340 g/mol. The topological polar surface area (TPSA) is 63.6 Å². The molecule has 0 fully saturated rings. The lowest BCUT2D eigenvalue weighted by Gasteiger charge is -1.89. The molecule has 4 nitrogen and oxygen atoms in total. The predicted molar refractivity (Wildman–Crippen MR) is 106 cm³/mol. The first-order chi connectivity index (χ1) is 13.2. The van der Waals surface area contributed by atoms with Crippen molar-refractivity contribution in [1.29, 1.82) is 0 Å². The molecule has 27 heavy (non-hydrogen) atoms. The minimum absolute atomic E-state index is 0.158. The van der Waals surface area contributed by atoms with Gasteiger partial charge < -0.3 is 13.9 Å². The van der Waals surface area contributed by atoms with Gasteiger partial charge in [0.2, 0.25) is 0 Å². The summed E-state index contributed by atoms with van der Waals surface area (Å²) in [7, 11) is 0. The van der Waals surface area contributed by atoms with Crippen LogP contribution in [0.5, 0.6) is 0 Å². The summed E-state index contributed by atoms with van der Waals surface area (Å²) in [6.07, 6.45) is 7.10. The summed E-state index contributed by atoms with van der Waals surface area (Å²) >= 11 is 0. The van der Waals surface area contributed by atoms with E-state index < -0.39 is 0 Å². The van der Waals surface area contributed by atoms with E-state index in [0.29, 0.717) is 11.5 Å². The molecule has 2 heterocycles. The van der Waals surface area contributed by atoms with E-state index in [9.17, 15) is 9.90 Å². The van der Waals surface area contributed by atoms with Crippen molar-refractivity contribution in [2.75, 3.05) is 0 Å². The van der Waals surface area contributed by atoms with Gasteiger partial charge in [-0.3, -0.25) is 4.79 Å². The molecule has 0 bridgehead atoms. The second-order valence-electron chi connectivity index (χ2n) is 6.01. The van der Waals surface area contributed by atoms with Crippen molar-refractivity contribution in [2.24, 2.45) is 0 Å². The predicted octanol–water partition coefficient (Wildman–Crippen LogP) is 5.92. The van der Waals surface area contributed by atoms with Crippen molar-refractivity contribution in [3.8, 4) is 0 Å². The van der Waals surface area contributed by atoms with E-state index >= 15 is 0 Å². The molecule has 2 aromatic carbocycles. The van der Waals surface area contributed by atoms with Crippen molar-refractivity contribution in [2.45, 2.75) is 0 Å². The van der Waals surface area contributed by atoms with Gasteiger partial charge in [0.15, 0.2) is 5.78 Å². The highest BCUT2D eigenvalue weighted by Crippen LogP contribution is 2.21. The lowest BCUT2D eigenvalue weighted by atomic mass is 10.2. The van der Waals surface area contributed by atoms with Gasteiger partial charge in [-0.2, -0.15) is 0 Å². The first-order valence-corrected chi connectivity index (χ1v) is 8.45. The van der Waals surface area contributed by atoms with Gasteiger partial charge >= 0.3 is 0 Å². The van der Waals surface area contributed by atoms with Crippen LogP contribution in [0.25, 0.3) is 34.1 Å². The van der Waals surface area contributed by atoms with Gasteiger partial charge in [-0.1, -0.05) is 36.4 Å². The zero-order valence-corrected chi connectivity index (χ0v) is 14.3. The second kappa shape index (κ2) is 7.22. The zero-order valence-electron chi connectivity index (χ0n) is 14.3. The van der Waals surface area contributed by atoms with Gasteiger partial charge in [0, 0.05) is 16.8 Å². The van der Waals surface area contributed by atoms with Crippen LogP contribution in [0, 0.1) is 0 Å². The molecule has 0 aliphatic carbocycles. The molecule has 0 amide bonds. The van der Waals surface area contributed by atoms with E-state index in [1.54, 1.807) is 12.2 Å². The Bertz CT molecular complexity index is 1140. The third-order valence-electron chi connectivity index (χ3n) is 4.01. The van der Waals surface area contributed by atoms with Crippen molar-refractivity contribution in [1.82, 2.24) is 0 Å². The molecule has 0 saturated carbocycles. The smallest absolute Gasteiger partial charge is 0.182 e. The number of aliphatic hydroxyl groups excluding tert-OH is 1. The van der Waals surface area contributed by atoms with Crippen LogP contribution in [0.2, 0.25) is 0 Å². The maximum absolute atomic E-state index is 12.0. The van der Waals surface area contributed by atoms with Crippen LogP contribution in [-0.2, 0) is 4.79 Å². The van der Waals surface area contributed by atoms with Gasteiger partial charge in [-0.15, -0.1) is 0 Å². The zero-order chi connectivity index (χ0) is 18.6. The number of allylic oxidation sites excluding steroid dienone is 3. The third-order valence-corrected chi connectivity index (χ3v) is 4.01. The molecular formula is C23H16O4. The Morgan fingerprint density at radius 3 is 1.85 bits per heavy atom. The van der Waals surface area contributed by atoms with E-state index in [1.807, 2.05) is 60.7 Å². The number of hydrogen-bond donors (Lipinski definition) is 1. The monoisotopic (exact) mass is 356 g/mol. The molecule has 0 aliphatic heterocycles. The number of rotatable bonds is 5. The van der Waals surface area contributed by atoms with E-state index in [-0.39, 0.29) is 11.5 Å². The molecule has 0 atom stereocenters. The largest absolute Gasteiger partial charge is 0.508 e. The van der Waals surface area contributed by atoms with Gasteiger partial charge in [0.05, 0.1) is 0 Å². The Labute approximate surface area is 155 Å². The third kappa shape index (κ3) is 3.90. The summed E-state index contributed by atoms with van der Waals surface area (Å²) in [6.45, 7) is 0. The number of benzene rings is 2. The van der Waals surface area contributed by atoms with Crippen LogP contribution in [0.3, 0.4) is 0 Å². The number of furan rings is 2. The van der Waals surface area contributed by atoms with E-state index in [1.165, 1.54) is 12.2 Å². The van der Waals surface area contributed by atoms with Crippen LogP contribution in [-0.4, -0.2) is 10.9 Å². The SMILES string of the molecule is O=C(/C=C(O)/C=C/c1cc2ccccc2o1)/C=C/c1cc2ccccc2o1. The molecule has 0 aliphatic rings. The minimum Gasteiger partial charge on any atom is -0.508 e. The number of aliphatic hydroxyl groups is 1. The van der Waals surface area contributed by atoms with Crippen molar-refractivity contribution < 1.29 is 18.7 Å². The molecule has 0 unspecified atom stereocenters. The highest BCUT2D eigenvalue weighted by molar-refractivity contribution is 6.02. The lowest BCUT2D eigenvalue weighted by molar-refractivity contribution is -0.110. The number of ketones is 1. The molecule has 4 aromatic rings. The van der Waals surface area contributed by atoms with Gasteiger partial charge in [0.25, 0.3) is 0 Å². The molecule has 0 saturated heterocycles. The first kappa shape index (κ1) is 16.7.